The van der Waals surface area contributed by atoms with Crippen LogP contribution < -0.4 is 0 Å². The highest BCUT2D eigenvalue weighted by atomic mass is 32.1. The van der Waals surface area contributed by atoms with Crippen molar-refractivity contribution in [1.82, 2.24) is 9.88 Å². The first kappa shape index (κ1) is 15.4. The molecule has 24 heavy (non-hydrogen) atoms. The number of aromatic nitrogens is 1. The minimum Gasteiger partial charge on any atom is -0.361 e. The number of nitrogens with one attached hydrogen (secondary N) is 1. The largest absolute Gasteiger partial charge is 0.361 e. The lowest BCUT2D eigenvalue weighted by molar-refractivity contribution is -0.131. The summed E-state index contributed by atoms with van der Waals surface area (Å²) in [5.41, 5.74) is 2.15. The van der Waals surface area contributed by atoms with Crippen LogP contribution in [0.1, 0.15) is 29.2 Å². The molecule has 1 N–H and O–H groups in total. The van der Waals surface area contributed by atoms with Crippen molar-refractivity contribution in [2.24, 2.45) is 0 Å². The van der Waals surface area contributed by atoms with Crippen molar-refractivity contribution < 1.29 is 9.18 Å². The number of thiophene rings is 1. The predicted octanol–water partition coefficient (Wildman–Crippen LogP) is 4.32. The van der Waals surface area contributed by atoms with Gasteiger partial charge in [-0.1, -0.05) is 6.07 Å². The Morgan fingerprint density at radius 1 is 1.29 bits per heavy atom. The van der Waals surface area contributed by atoms with Gasteiger partial charge in [0, 0.05) is 35.1 Å². The van der Waals surface area contributed by atoms with Gasteiger partial charge >= 0.3 is 0 Å². The van der Waals surface area contributed by atoms with Crippen molar-refractivity contribution >= 4 is 28.1 Å². The van der Waals surface area contributed by atoms with E-state index < -0.39 is 0 Å². The van der Waals surface area contributed by atoms with Gasteiger partial charge in [0.2, 0.25) is 5.91 Å². The number of halogens is 1. The lowest BCUT2D eigenvalue weighted by Crippen LogP contribution is -2.38. The van der Waals surface area contributed by atoms with Crippen molar-refractivity contribution in [3.05, 3.63) is 58.2 Å². The number of H-pyrrole nitrogens is 1. The second-order valence-electron chi connectivity index (χ2n) is 6.35. The van der Waals surface area contributed by atoms with Crippen molar-refractivity contribution in [3.8, 4) is 0 Å². The lowest BCUT2D eigenvalue weighted by Gasteiger charge is -2.32. The standard InChI is InChI=1S/C19H19FN2OS/c20-14-3-4-18-16(10-14)17(12-21-18)13-5-7-22(8-6-13)19(23)11-15-2-1-9-24-15/h1-4,9-10,12-13,21H,5-8,11H2. The first-order chi connectivity index (χ1) is 11.7. The average molecular weight is 342 g/mol. The van der Waals surface area contributed by atoms with Crippen LogP contribution in [0.3, 0.4) is 0 Å². The Morgan fingerprint density at radius 3 is 2.88 bits per heavy atom. The zero-order chi connectivity index (χ0) is 16.5. The number of rotatable bonds is 3. The number of amides is 1. The van der Waals surface area contributed by atoms with Gasteiger partial charge in [0.05, 0.1) is 6.42 Å². The maximum absolute atomic E-state index is 13.5. The van der Waals surface area contributed by atoms with Gasteiger partial charge in [-0.05, 0) is 54.0 Å². The van der Waals surface area contributed by atoms with Gasteiger partial charge in [-0.2, -0.15) is 0 Å². The quantitative estimate of drug-likeness (QED) is 0.756. The zero-order valence-corrected chi connectivity index (χ0v) is 14.1. The smallest absolute Gasteiger partial charge is 0.227 e. The minimum atomic E-state index is -0.202. The second-order valence-corrected chi connectivity index (χ2v) is 7.38. The maximum Gasteiger partial charge on any atom is 0.227 e. The van der Waals surface area contributed by atoms with Gasteiger partial charge < -0.3 is 9.88 Å². The SMILES string of the molecule is O=C(Cc1cccs1)N1CCC(c2c[nH]c3ccc(F)cc23)CC1. The first-order valence-corrected chi connectivity index (χ1v) is 9.15. The van der Waals surface area contributed by atoms with Gasteiger partial charge in [-0.15, -0.1) is 11.3 Å². The van der Waals surface area contributed by atoms with Crippen LogP contribution in [-0.4, -0.2) is 28.9 Å². The summed E-state index contributed by atoms with van der Waals surface area (Å²) in [6.45, 7) is 1.55. The molecule has 0 aliphatic carbocycles. The van der Waals surface area contributed by atoms with Gasteiger partial charge in [0.1, 0.15) is 5.82 Å². The number of piperidine rings is 1. The molecule has 0 radical (unpaired) electrons. The molecule has 1 aromatic carbocycles. The van der Waals surface area contributed by atoms with Crippen molar-refractivity contribution in [2.45, 2.75) is 25.2 Å². The molecule has 3 heterocycles. The number of fused-ring (bicyclic) bond motifs is 1. The molecule has 5 heteroatoms. The fourth-order valence-corrected chi connectivity index (χ4v) is 4.26. The summed E-state index contributed by atoms with van der Waals surface area (Å²) in [4.78, 5) is 18.7. The number of benzene rings is 1. The lowest BCUT2D eigenvalue weighted by atomic mass is 9.89. The number of nitrogens with zero attached hydrogens (tertiary/aromatic N) is 1. The van der Waals surface area contributed by atoms with E-state index in [4.69, 9.17) is 0 Å². The molecule has 1 aliphatic heterocycles. The molecule has 1 fully saturated rings. The van der Waals surface area contributed by atoms with Crippen molar-refractivity contribution in [1.29, 1.82) is 0 Å². The number of hydrogen-bond donors (Lipinski definition) is 1. The Labute approximate surface area is 144 Å². The normalized spacial score (nSPS) is 16.0. The van der Waals surface area contributed by atoms with E-state index in [9.17, 15) is 9.18 Å². The topological polar surface area (TPSA) is 36.1 Å². The fourth-order valence-electron chi connectivity index (χ4n) is 3.57. The molecule has 0 unspecified atom stereocenters. The molecular weight excluding hydrogens is 323 g/mol. The molecular formula is C19H19FN2OS. The Bertz CT molecular complexity index is 848. The highest BCUT2D eigenvalue weighted by molar-refractivity contribution is 7.10. The monoisotopic (exact) mass is 342 g/mol. The van der Waals surface area contributed by atoms with E-state index in [0.717, 1.165) is 41.7 Å². The third kappa shape index (κ3) is 2.96. The van der Waals surface area contributed by atoms with E-state index in [-0.39, 0.29) is 11.7 Å². The Balaban J connectivity index is 1.43. The Morgan fingerprint density at radius 2 is 2.12 bits per heavy atom. The van der Waals surface area contributed by atoms with Crippen LogP contribution in [0, 0.1) is 5.82 Å². The number of carbonyl (C=O) groups excluding carboxylic acids is 1. The summed E-state index contributed by atoms with van der Waals surface area (Å²) in [7, 11) is 0. The van der Waals surface area contributed by atoms with Gasteiger partial charge in [-0.25, -0.2) is 4.39 Å². The number of likely N-dealkylation sites (tertiary alicyclic amines) is 1. The predicted molar refractivity (Wildman–Crippen MR) is 94.8 cm³/mol. The number of hydrogen-bond acceptors (Lipinski definition) is 2. The highest BCUT2D eigenvalue weighted by Crippen LogP contribution is 2.33. The molecule has 4 rings (SSSR count). The molecule has 3 nitrogen and oxygen atoms in total. The Hall–Kier alpha value is -2.14. The van der Waals surface area contributed by atoms with Crippen LogP contribution in [0.4, 0.5) is 4.39 Å². The summed E-state index contributed by atoms with van der Waals surface area (Å²) >= 11 is 1.63. The fraction of sp³-hybridized carbons (Fsp3) is 0.316. The number of carbonyl (C=O) groups is 1. The highest BCUT2D eigenvalue weighted by Gasteiger charge is 2.25. The zero-order valence-electron chi connectivity index (χ0n) is 13.3. The molecule has 0 atom stereocenters. The maximum atomic E-state index is 13.5. The van der Waals surface area contributed by atoms with Crippen molar-refractivity contribution in [3.63, 3.8) is 0 Å². The number of aromatic amines is 1. The van der Waals surface area contributed by atoms with Crippen LogP contribution in [0.5, 0.6) is 0 Å². The van der Waals surface area contributed by atoms with E-state index >= 15 is 0 Å². The van der Waals surface area contributed by atoms with Crippen LogP contribution in [0.25, 0.3) is 10.9 Å². The van der Waals surface area contributed by atoms with E-state index in [1.807, 2.05) is 28.6 Å². The van der Waals surface area contributed by atoms with E-state index in [1.165, 1.54) is 11.6 Å². The van der Waals surface area contributed by atoms with E-state index in [2.05, 4.69) is 4.98 Å². The van der Waals surface area contributed by atoms with Crippen LogP contribution in [-0.2, 0) is 11.2 Å². The van der Waals surface area contributed by atoms with E-state index in [0.29, 0.717) is 12.3 Å². The van der Waals surface area contributed by atoms with Crippen molar-refractivity contribution in [2.75, 3.05) is 13.1 Å². The molecule has 1 saturated heterocycles. The Kier molecular flexibility index (Phi) is 4.10. The average Bonchev–Trinajstić information content (AvgIpc) is 3.24. The molecule has 124 valence electrons. The van der Waals surface area contributed by atoms with Gasteiger partial charge in [0.25, 0.3) is 0 Å². The molecule has 0 saturated carbocycles. The summed E-state index contributed by atoms with van der Waals surface area (Å²) < 4.78 is 13.5. The van der Waals surface area contributed by atoms with Crippen LogP contribution in [0.2, 0.25) is 0 Å². The molecule has 2 aromatic heterocycles. The molecule has 1 amide bonds. The van der Waals surface area contributed by atoms with E-state index in [1.54, 1.807) is 23.5 Å². The summed E-state index contributed by atoms with van der Waals surface area (Å²) in [5, 5.41) is 2.98. The third-order valence-corrected chi connectivity index (χ3v) is 5.75. The summed E-state index contributed by atoms with van der Waals surface area (Å²) in [6, 6.07) is 8.86. The van der Waals surface area contributed by atoms with Crippen LogP contribution >= 0.6 is 11.3 Å². The summed E-state index contributed by atoms with van der Waals surface area (Å²) in [5.74, 6) is 0.388. The minimum absolute atomic E-state index is 0.202. The second kappa shape index (κ2) is 6.40. The van der Waals surface area contributed by atoms with Gasteiger partial charge in [-0.3, -0.25) is 4.79 Å². The van der Waals surface area contributed by atoms with Crippen LogP contribution in [0.15, 0.2) is 41.9 Å². The van der Waals surface area contributed by atoms with Gasteiger partial charge in [0.15, 0.2) is 0 Å². The molecule has 0 spiro atoms. The third-order valence-electron chi connectivity index (χ3n) is 4.87. The summed E-state index contributed by atoms with van der Waals surface area (Å²) in [6.07, 6.45) is 4.36. The molecule has 3 aromatic rings. The molecule has 1 aliphatic rings. The first-order valence-electron chi connectivity index (χ1n) is 8.27. The molecule has 0 bridgehead atoms.